The highest BCUT2D eigenvalue weighted by Gasteiger charge is 2.15. The Morgan fingerprint density at radius 3 is 2.00 bits per heavy atom. The Hall–Kier alpha value is -3.90. The van der Waals surface area contributed by atoms with Gasteiger partial charge in [-0.1, -0.05) is 53.6 Å². The minimum absolute atomic E-state index is 0.0110. The topological polar surface area (TPSA) is 98.3 Å². The van der Waals surface area contributed by atoms with Gasteiger partial charge in [-0.15, -0.1) is 0 Å². The molecule has 3 aromatic rings. The molecule has 2 amide bonds. The second-order valence-electron chi connectivity index (χ2n) is 6.75. The number of halogens is 1. The van der Waals surface area contributed by atoms with E-state index in [-0.39, 0.29) is 11.3 Å². The van der Waals surface area contributed by atoms with E-state index in [0.717, 1.165) is 5.56 Å². The van der Waals surface area contributed by atoms with Crippen molar-refractivity contribution in [2.24, 2.45) is 0 Å². The number of hydrogen-bond donors (Lipinski definition) is 2. The Morgan fingerprint density at radius 2 is 1.42 bits per heavy atom. The third kappa shape index (κ3) is 6.04. The lowest BCUT2D eigenvalue weighted by molar-refractivity contribution is -0.255. The van der Waals surface area contributed by atoms with Crippen LogP contribution in [0.25, 0.3) is 6.08 Å². The van der Waals surface area contributed by atoms with Crippen LogP contribution in [0.2, 0.25) is 5.02 Å². The van der Waals surface area contributed by atoms with Crippen molar-refractivity contribution in [2.45, 2.75) is 6.92 Å². The number of carboxylic acids is 1. The van der Waals surface area contributed by atoms with Gasteiger partial charge in [-0.25, -0.2) is 0 Å². The van der Waals surface area contributed by atoms with Gasteiger partial charge in [0.25, 0.3) is 11.8 Å². The lowest BCUT2D eigenvalue weighted by atomic mass is 10.1. The predicted molar refractivity (Wildman–Crippen MR) is 117 cm³/mol. The van der Waals surface area contributed by atoms with Gasteiger partial charge in [0.2, 0.25) is 0 Å². The van der Waals surface area contributed by atoms with E-state index in [4.69, 9.17) is 11.6 Å². The van der Waals surface area contributed by atoms with E-state index in [1.165, 1.54) is 30.3 Å². The molecule has 0 atom stereocenters. The van der Waals surface area contributed by atoms with Crippen LogP contribution in [0, 0.1) is 6.92 Å². The number of hydrogen-bond acceptors (Lipinski definition) is 4. The number of aryl methyl sites for hydroxylation is 1. The van der Waals surface area contributed by atoms with Crippen LogP contribution in [0.1, 0.15) is 31.8 Å². The molecule has 3 rings (SSSR count). The molecular weight excluding hydrogens is 416 g/mol. The van der Waals surface area contributed by atoms with Crippen LogP contribution in [0.5, 0.6) is 0 Å². The standard InChI is InChI=1S/C24H19ClN2O4/c1-15-2-6-17(7-3-15)22(28)27-21(14-16-4-10-19(25)11-5-16)23(29)26-20-12-8-18(9-13-20)24(30)31/h2-14H,1H3,(H,26,29)(H,27,28)(H,30,31)/p-1/b21-14+. The van der Waals surface area contributed by atoms with Crippen molar-refractivity contribution in [3.8, 4) is 0 Å². The molecule has 0 radical (unpaired) electrons. The van der Waals surface area contributed by atoms with Gasteiger partial charge >= 0.3 is 0 Å². The number of aromatic carboxylic acids is 1. The maximum absolute atomic E-state index is 12.9. The van der Waals surface area contributed by atoms with Crippen LogP contribution < -0.4 is 15.7 Å². The number of anilines is 1. The second-order valence-corrected chi connectivity index (χ2v) is 7.19. The molecule has 0 aliphatic carbocycles. The van der Waals surface area contributed by atoms with Crippen LogP contribution in [0.3, 0.4) is 0 Å². The maximum Gasteiger partial charge on any atom is 0.272 e. The highest BCUT2D eigenvalue weighted by Crippen LogP contribution is 2.15. The van der Waals surface area contributed by atoms with Crippen LogP contribution in [-0.2, 0) is 4.79 Å². The molecule has 0 heterocycles. The highest BCUT2D eigenvalue weighted by atomic mass is 35.5. The number of carboxylic acid groups (broad SMARTS) is 1. The molecule has 0 unspecified atom stereocenters. The predicted octanol–water partition coefficient (Wildman–Crippen LogP) is 3.42. The zero-order valence-corrected chi connectivity index (χ0v) is 17.3. The third-order valence-corrected chi connectivity index (χ3v) is 4.62. The molecule has 0 aliphatic heterocycles. The molecule has 2 N–H and O–H groups in total. The molecule has 0 spiro atoms. The summed E-state index contributed by atoms with van der Waals surface area (Å²) in [6.45, 7) is 1.91. The molecular formula is C24H18ClN2O4-. The lowest BCUT2D eigenvalue weighted by Crippen LogP contribution is -2.30. The number of benzene rings is 3. The van der Waals surface area contributed by atoms with E-state index in [0.29, 0.717) is 21.8 Å². The van der Waals surface area contributed by atoms with Gasteiger partial charge in [-0.2, -0.15) is 0 Å². The summed E-state index contributed by atoms with van der Waals surface area (Å²) in [6.07, 6.45) is 1.52. The van der Waals surface area contributed by atoms with E-state index in [1.807, 2.05) is 6.92 Å². The Balaban J connectivity index is 1.86. The van der Waals surface area contributed by atoms with Gasteiger partial charge in [0.05, 0.1) is 5.97 Å². The Bertz CT molecular complexity index is 1140. The summed E-state index contributed by atoms with van der Waals surface area (Å²) in [4.78, 5) is 36.4. The molecule has 0 fully saturated rings. The van der Waals surface area contributed by atoms with Gasteiger partial charge in [-0.3, -0.25) is 9.59 Å². The number of rotatable bonds is 6. The average Bonchev–Trinajstić information content (AvgIpc) is 2.75. The van der Waals surface area contributed by atoms with E-state index < -0.39 is 17.8 Å². The van der Waals surface area contributed by atoms with Crippen molar-refractivity contribution in [3.05, 3.63) is 106 Å². The molecule has 0 aliphatic rings. The largest absolute Gasteiger partial charge is 0.545 e. The molecule has 0 saturated carbocycles. The van der Waals surface area contributed by atoms with Crippen molar-refractivity contribution in [2.75, 3.05) is 5.32 Å². The quantitative estimate of drug-likeness (QED) is 0.582. The van der Waals surface area contributed by atoms with E-state index in [1.54, 1.807) is 48.5 Å². The van der Waals surface area contributed by atoms with Crippen LogP contribution >= 0.6 is 11.6 Å². The average molecular weight is 434 g/mol. The number of amides is 2. The lowest BCUT2D eigenvalue weighted by Gasteiger charge is -2.12. The van der Waals surface area contributed by atoms with Crippen molar-refractivity contribution in [1.82, 2.24) is 5.32 Å². The smallest absolute Gasteiger partial charge is 0.272 e. The minimum atomic E-state index is -1.31. The minimum Gasteiger partial charge on any atom is -0.545 e. The van der Waals surface area contributed by atoms with Crippen molar-refractivity contribution in [3.63, 3.8) is 0 Å². The van der Waals surface area contributed by atoms with Crippen molar-refractivity contribution < 1.29 is 19.5 Å². The van der Waals surface area contributed by atoms with Gasteiger partial charge in [0.15, 0.2) is 0 Å². The first kappa shape index (κ1) is 21.8. The van der Waals surface area contributed by atoms with Crippen LogP contribution in [-0.4, -0.2) is 17.8 Å². The SMILES string of the molecule is Cc1ccc(C(=O)N/C(=C/c2ccc(Cl)cc2)C(=O)Nc2ccc(C(=O)[O-])cc2)cc1. The van der Waals surface area contributed by atoms with E-state index in [2.05, 4.69) is 10.6 Å². The van der Waals surface area contributed by atoms with E-state index >= 15 is 0 Å². The van der Waals surface area contributed by atoms with Crippen LogP contribution in [0.15, 0.2) is 78.5 Å². The molecule has 7 heteroatoms. The fourth-order valence-electron chi connectivity index (χ4n) is 2.67. The summed E-state index contributed by atoms with van der Waals surface area (Å²) in [7, 11) is 0. The molecule has 3 aromatic carbocycles. The number of nitrogens with one attached hydrogen (secondary N) is 2. The van der Waals surface area contributed by atoms with Gasteiger partial charge < -0.3 is 20.5 Å². The first-order valence-corrected chi connectivity index (χ1v) is 9.67. The summed E-state index contributed by atoms with van der Waals surface area (Å²) in [6, 6.07) is 19.2. The highest BCUT2D eigenvalue weighted by molar-refractivity contribution is 6.30. The summed E-state index contributed by atoms with van der Waals surface area (Å²) in [5.74, 6) is -2.33. The molecule has 31 heavy (non-hydrogen) atoms. The summed E-state index contributed by atoms with van der Waals surface area (Å²) < 4.78 is 0. The molecule has 0 aromatic heterocycles. The second kappa shape index (κ2) is 9.73. The zero-order chi connectivity index (χ0) is 22.4. The fourth-order valence-corrected chi connectivity index (χ4v) is 2.80. The molecule has 156 valence electrons. The Labute approximate surface area is 184 Å². The third-order valence-electron chi connectivity index (χ3n) is 4.37. The Morgan fingerprint density at radius 1 is 0.839 bits per heavy atom. The van der Waals surface area contributed by atoms with E-state index in [9.17, 15) is 19.5 Å². The van der Waals surface area contributed by atoms with Gasteiger partial charge in [0.1, 0.15) is 5.70 Å². The summed E-state index contributed by atoms with van der Waals surface area (Å²) in [5.41, 5.74) is 2.43. The maximum atomic E-state index is 12.9. The zero-order valence-electron chi connectivity index (χ0n) is 16.5. The first-order valence-electron chi connectivity index (χ1n) is 9.30. The number of carbonyl (C=O) groups is 3. The molecule has 6 nitrogen and oxygen atoms in total. The fraction of sp³-hybridized carbons (Fsp3) is 0.0417. The monoisotopic (exact) mass is 433 g/mol. The van der Waals surface area contributed by atoms with Crippen molar-refractivity contribution in [1.29, 1.82) is 0 Å². The molecule has 0 saturated heterocycles. The Kier molecular flexibility index (Phi) is 6.85. The van der Waals surface area contributed by atoms with Gasteiger partial charge in [0, 0.05) is 16.3 Å². The number of carbonyl (C=O) groups excluding carboxylic acids is 3. The summed E-state index contributed by atoms with van der Waals surface area (Å²) >= 11 is 5.91. The van der Waals surface area contributed by atoms with Crippen molar-refractivity contribution >= 4 is 41.1 Å². The first-order chi connectivity index (χ1) is 14.8. The normalized spacial score (nSPS) is 11.0. The molecule has 0 bridgehead atoms. The van der Waals surface area contributed by atoms with Crippen LogP contribution in [0.4, 0.5) is 5.69 Å². The van der Waals surface area contributed by atoms with Gasteiger partial charge in [-0.05, 0) is 60.5 Å². The summed E-state index contributed by atoms with van der Waals surface area (Å²) in [5, 5.41) is 16.7.